The van der Waals surface area contributed by atoms with Crippen LogP contribution in [0.4, 0.5) is 0 Å². The molecule has 10 heavy (non-hydrogen) atoms. The van der Waals surface area contributed by atoms with Crippen molar-refractivity contribution in [1.82, 2.24) is 0 Å². The van der Waals surface area contributed by atoms with Crippen LogP contribution in [0.25, 0.3) is 0 Å². The molecule has 0 unspecified atom stereocenters. The Labute approximate surface area is 60.9 Å². The molecule has 0 rings (SSSR count). The van der Waals surface area contributed by atoms with E-state index in [4.69, 9.17) is 5.11 Å². The van der Waals surface area contributed by atoms with Crippen molar-refractivity contribution < 1.29 is 9.90 Å². The summed E-state index contributed by atoms with van der Waals surface area (Å²) in [6.07, 6.45) is 0. The first-order valence-electron chi connectivity index (χ1n) is 3.03. The summed E-state index contributed by atoms with van der Waals surface area (Å²) in [6.45, 7) is 8.13. The Hall–Kier alpha value is -1.05. The lowest BCUT2D eigenvalue weighted by atomic mass is 10.1. The van der Waals surface area contributed by atoms with Crippen LogP contribution in [0.5, 0.6) is 0 Å². The topological polar surface area (TPSA) is 37.3 Å². The summed E-state index contributed by atoms with van der Waals surface area (Å²) in [5.41, 5.74) is 0.938. The molecule has 0 bridgehead atoms. The highest BCUT2D eigenvalue weighted by atomic mass is 16.3. The lowest BCUT2D eigenvalue weighted by molar-refractivity contribution is -0.113. The summed E-state index contributed by atoms with van der Waals surface area (Å²) in [4.78, 5) is 10.7. The minimum absolute atomic E-state index is 0.0417. The maximum atomic E-state index is 10.7. The number of carbonyl (C=O) groups excluding carboxylic acids is 1. The van der Waals surface area contributed by atoms with Gasteiger partial charge in [0.25, 0.3) is 0 Å². The Bertz CT molecular complexity index is 179. The van der Waals surface area contributed by atoms with Crippen molar-refractivity contribution in [2.45, 2.75) is 20.8 Å². The number of hydrogen-bond donors (Lipinski definition) is 1. The van der Waals surface area contributed by atoms with E-state index in [0.29, 0.717) is 11.1 Å². The van der Waals surface area contributed by atoms with Crippen LogP contribution in [-0.4, -0.2) is 10.9 Å². The lowest BCUT2D eigenvalue weighted by Gasteiger charge is -2.01. The van der Waals surface area contributed by atoms with Crippen LogP contribution < -0.4 is 0 Å². The third-order valence-electron chi connectivity index (χ3n) is 1.14. The zero-order valence-electron chi connectivity index (χ0n) is 6.56. The molecule has 0 atom stereocenters. The Morgan fingerprint density at radius 3 is 1.70 bits per heavy atom. The van der Waals surface area contributed by atoms with E-state index in [-0.39, 0.29) is 11.5 Å². The van der Waals surface area contributed by atoms with Crippen molar-refractivity contribution in [3.05, 3.63) is 23.5 Å². The van der Waals surface area contributed by atoms with Crippen molar-refractivity contribution in [2.24, 2.45) is 0 Å². The van der Waals surface area contributed by atoms with Gasteiger partial charge >= 0.3 is 0 Å². The van der Waals surface area contributed by atoms with Crippen LogP contribution in [0.2, 0.25) is 0 Å². The molecule has 0 fully saturated rings. The largest absolute Gasteiger partial charge is 0.512 e. The normalized spacial score (nSPS) is 12.3. The molecule has 1 N–H and O–H groups in total. The fourth-order valence-electron chi connectivity index (χ4n) is 0.864. The predicted molar refractivity (Wildman–Crippen MR) is 40.8 cm³/mol. The highest BCUT2D eigenvalue weighted by Gasteiger charge is 2.07. The second kappa shape index (κ2) is 3.20. The molecule has 2 heteroatoms. The van der Waals surface area contributed by atoms with Gasteiger partial charge in [0.15, 0.2) is 5.78 Å². The van der Waals surface area contributed by atoms with E-state index in [9.17, 15) is 4.79 Å². The maximum Gasteiger partial charge on any atom is 0.163 e. The number of aliphatic hydroxyl groups excluding tert-OH is 1. The molecule has 0 aromatic carbocycles. The average Bonchev–Trinajstić information content (AvgIpc) is 1.59. The molecular weight excluding hydrogens is 128 g/mol. The first-order valence-corrected chi connectivity index (χ1v) is 3.03. The number of allylic oxidation sites excluding steroid dienone is 3. The Balaban J connectivity index is 4.79. The average molecular weight is 140 g/mol. The molecule has 56 valence electrons. The van der Waals surface area contributed by atoms with Gasteiger partial charge in [0.05, 0.1) is 5.57 Å². The zero-order chi connectivity index (χ0) is 8.31. The summed E-state index contributed by atoms with van der Waals surface area (Å²) >= 11 is 0. The van der Waals surface area contributed by atoms with Gasteiger partial charge in [-0.15, -0.1) is 0 Å². The van der Waals surface area contributed by atoms with Gasteiger partial charge in [-0.25, -0.2) is 0 Å². The molecular formula is C8H12O2. The molecule has 0 aromatic heterocycles. The van der Waals surface area contributed by atoms with Crippen molar-refractivity contribution >= 4 is 5.78 Å². The van der Waals surface area contributed by atoms with Crippen molar-refractivity contribution in [3.63, 3.8) is 0 Å². The molecule has 0 aromatic rings. The molecule has 0 spiro atoms. The Morgan fingerprint density at radius 2 is 1.70 bits per heavy atom. The number of ketones is 1. The number of Topliss-reactive ketones (excluding diaryl/α,β-unsaturated/α-hetero) is 1. The quantitative estimate of drug-likeness (QED) is 0.362. The second-order valence-electron chi connectivity index (χ2n) is 2.30. The number of rotatable bonds is 2. The van der Waals surface area contributed by atoms with Gasteiger partial charge in [0, 0.05) is 0 Å². The number of aliphatic hydroxyl groups is 1. The summed E-state index contributed by atoms with van der Waals surface area (Å²) in [7, 11) is 0. The highest BCUT2D eigenvalue weighted by molar-refractivity contribution is 5.97. The first-order chi connectivity index (χ1) is 4.46. The molecule has 0 heterocycles. The SMILES string of the molecule is C=C(C)/C(C(C)=O)=C(/C)O. The maximum absolute atomic E-state index is 10.7. The monoisotopic (exact) mass is 140 g/mol. The molecule has 0 aliphatic carbocycles. The lowest BCUT2D eigenvalue weighted by Crippen LogP contribution is -2.00. The highest BCUT2D eigenvalue weighted by Crippen LogP contribution is 2.11. The van der Waals surface area contributed by atoms with Gasteiger partial charge in [-0.3, -0.25) is 4.79 Å². The Kier molecular flexibility index (Phi) is 2.87. The van der Waals surface area contributed by atoms with Crippen LogP contribution in [0.1, 0.15) is 20.8 Å². The van der Waals surface area contributed by atoms with Crippen molar-refractivity contribution in [2.75, 3.05) is 0 Å². The summed E-state index contributed by atoms with van der Waals surface area (Å²) in [5, 5.41) is 8.95. The van der Waals surface area contributed by atoms with E-state index >= 15 is 0 Å². The summed E-state index contributed by atoms with van der Waals surface area (Å²) in [6, 6.07) is 0. The van der Waals surface area contributed by atoms with Gasteiger partial charge in [-0.2, -0.15) is 0 Å². The molecule has 0 saturated carbocycles. The van der Waals surface area contributed by atoms with Crippen LogP contribution in [0.15, 0.2) is 23.5 Å². The van der Waals surface area contributed by atoms with E-state index in [0.717, 1.165) is 0 Å². The molecule has 2 nitrogen and oxygen atoms in total. The Morgan fingerprint density at radius 1 is 1.30 bits per heavy atom. The third kappa shape index (κ3) is 2.05. The van der Waals surface area contributed by atoms with Gasteiger partial charge in [-0.05, 0) is 26.3 Å². The van der Waals surface area contributed by atoms with Crippen LogP contribution in [-0.2, 0) is 4.79 Å². The molecule has 0 saturated heterocycles. The number of hydrogen-bond acceptors (Lipinski definition) is 2. The molecule has 0 radical (unpaired) electrons. The first kappa shape index (κ1) is 8.95. The molecule has 0 amide bonds. The third-order valence-corrected chi connectivity index (χ3v) is 1.14. The summed E-state index contributed by atoms with van der Waals surface area (Å²) < 4.78 is 0. The standard InChI is InChI=1S/C8H12O2/c1-5(2)8(6(3)9)7(4)10/h9H,1H2,2-4H3/b8-6+. The van der Waals surface area contributed by atoms with Crippen LogP contribution in [0.3, 0.4) is 0 Å². The zero-order valence-corrected chi connectivity index (χ0v) is 6.56. The van der Waals surface area contributed by atoms with Crippen LogP contribution >= 0.6 is 0 Å². The van der Waals surface area contributed by atoms with E-state index in [1.54, 1.807) is 6.92 Å². The van der Waals surface area contributed by atoms with Gasteiger partial charge in [-0.1, -0.05) is 6.58 Å². The fraction of sp³-hybridized carbons (Fsp3) is 0.375. The minimum Gasteiger partial charge on any atom is -0.512 e. The smallest absolute Gasteiger partial charge is 0.163 e. The minimum atomic E-state index is -0.146. The van der Waals surface area contributed by atoms with Gasteiger partial charge in [0.2, 0.25) is 0 Å². The van der Waals surface area contributed by atoms with Gasteiger partial charge in [0.1, 0.15) is 5.76 Å². The van der Waals surface area contributed by atoms with Crippen LogP contribution in [0, 0.1) is 0 Å². The molecule has 0 aliphatic rings. The second-order valence-corrected chi connectivity index (χ2v) is 2.30. The molecule has 0 aliphatic heterocycles. The van der Waals surface area contributed by atoms with E-state index in [1.165, 1.54) is 13.8 Å². The number of carbonyl (C=O) groups is 1. The van der Waals surface area contributed by atoms with E-state index in [1.807, 2.05) is 0 Å². The summed E-state index contributed by atoms with van der Waals surface area (Å²) in [5.74, 6) is -0.104. The fourth-order valence-corrected chi connectivity index (χ4v) is 0.864. The van der Waals surface area contributed by atoms with Crippen molar-refractivity contribution in [1.29, 1.82) is 0 Å². The predicted octanol–water partition coefficient (Wildman–Crippen LogP) is 1.98. The van der Waals surface area contributed by atoms with E-state index in [2.05, 4.69) is 6.58 Å². The van der Waals surface area contributed by atoms with Gasteiger partial charge < -0.3 is 5.11 Å². The van der Waals surface area contributed by atoms with E-state index < -0.39 is 0 Å². The van der Waals surface area contributed by atoms with Crippen molar-refractivity contribution in [3.8, 4) is 0 Å².